The standard InChI is InChI=1S/C11H14F2N2OS/c1-15-10(16)3-2-4-17-11-8(12)5-7(14)6-9(11)13/h5-6H,2-4,14H2,1H3,(H,15,16). The average Bonchev–Trinajstić information content (AvgIpc) is 2.26. The number of hydrogen-bond acceptors (Lipinski definition) is 3. The first-order chi connectivity index (χ1) is 8.04. The van der Waals surface area contributed by atoms with Gasteiger partial charge in [-0.25, -0.2) is 8.78 Å². The van der Waals surface area contributed by atoms with Crippen LogP contribution in [0.5, 0.6) is 0 Å². The number of nitrogen functional groups attached to an aromatic ring is 1. The fraction of sp³-hybridized carbons (Fsp3) is 0.364. The Labute approximate surface area is 103 Å². The molecule has 1 amide bonds. The fourth-order valence-corrected chi connectivity index (χ4v) is 2.14. The van der Waals surface area contributed by atoms with Crippen molar-refractivity contribution >= 4 is 23.4 Å². The molecule has 0 saturated heterocycles. The van der Waals surface area contributed by atoms with Crippen molar-refractivity contribution in [2.75, 3.05) is 18.5 Å². The molecule has 0 aliphatic heterocycles. The lowest BCUT2D eigenvalue weighted by atomic mass is 10.3. The lowest BCUT2D eigenvalue weighted by Crippen LogP contribution is -2.17. The zero-order valence-electron chi connectivity index (χ0n) is 9.43. The predicted octanol–water partition coefficient (Wildman–Crippen LogP) is 2.17. The van der Waals surface area contributed by atoms with Gasteiger partial charge in [0.2, 0.25) is 5.91 Å². The molecule has 3 nitrogen and oxygen atoms in total. The van der Waals surface area contributed by atoms with E-state index in [9.17, 15) is 13.6 Å². The van der Waals surface area contributed by atoms with Crippen LogP contribution in [0.4, 0.5) is 14.5 Å². The third kappa shape index (κ3) is 4.22. The maximum atomic E-state index is 13.3. The fourth-order valence-electron chi connectivity index (χ4n) is 1.25. The van der Waals surface area contributed by atoms with E-state index in [1.807, 2.05) is 0 Å². The molecule has 1 aromatic rings. The van der Waals surface area contributed by atoms with E-state index in [-0.39, 0.29) is 16.5 Å². The number of hydrogen-bond donors (Lipinski definition) is 2. The van der Waals surface area contributed by atoms with E-state index < -0.39 is 11.6 Å². The maximum absolute atomic E-state index is 13.3. The number of nitrogens with one attached hydrogen (secondary N) is 1. The molecule has 0 aliphatic rings. The first-order valence-corrected chi connectivity index (χ1v) is 6.11. The average molecular weight is 260 g/mol. The van der Waals surface area contributed by atoms with Crippen LogP contribution in [0.3, 0.4) is 0 Å². The molecule has 1 aromatic carbocycles. The summed E-state index contributed by atoms with van der Waals surface area (Å²) in [6, 6.07) is 2.17. The minimum atomic E-state index is -0.660. The second kappa shape index (κ2) is 6.44. The molecule has 0 spiro atoms. The number of rotatable bonds is 5. The Morgan fingerprint density at radius 2 is 2.00 bits per heavy atom. The van der Waals surface area contributed by atoms with Gasteiger partial charge in [-0.2, -0.15) is 0 Å². The van der Waals surface area contributed by atoms with E-state index in [0.717, 1.165) is 23.9 Å². The van der Waals surface area contributed by atoms with Crippen molar-refractivity contribution in [3.05, 3.63) is 23.8 Å². The number of anilines is 1. The number of carbonyl (C=O) groups is 1. The molecule has 0 fully saturated rings. The van der Waals surface area contributed by atoms with Gasteiger partial charge in [-0.1, -0.05) is 0 Å². The van der Waals surface area contributed by atoms with E-state index in [0.29, 0.717) is 18.6 Å². The number of benzene rings is 1. The quantitative estimate of drug-likeness (QED) is 0.484. The Morgan fingerprint density at radius 3 is 2.53 bits per heavy atom. The van der Waals surface area contributed by atoms with Gasteiger partial charge in [0.25, 0.3) is 0 Å². The molecule has 0 unspecified atom stereocenters. The summed E-state index contributed by atoms with van der Waals surface area (Å²) in [6.45, 7) is 0. The molecule has 17 heavy (non-hydrogen) atoms. The van der Waals surface area contributed by atoms with E-state index in [2.05, 4.69) is 5.32 Å². The van der Waals surface area contributed by atoms with Crippen molar-refractivity contribution in [1.82, 2.24) is 5.32 Å². The summed E-state index contributed by atoms with van der Waals surface area (Å²) in [6.07, 6.45) is 0.912. The van der Waals surface area contributed by atoms with Gasteiger partial charge in [-0.05, 0) is 24.3 Å². The van der Waals surface area contributed by atoms with Gasteiger partial charge in [0.05, 0.1) is 4.90 Å². The first kappa shape index (κ1) is 13.8. The van der Waals surface area contributed by atoms with Crippen molar-refractivity contribution in [1.29, 1.82) is 0 Å². The molecule has 0 saturated carbocycles. The van der Waals surface area contributed by atoms with Gasteiger partial charge in [-0.3, -0.25) is 4.79 Å². The Kier molecular flexibility index (Phi) is 5.21. The zero-order chi connectivity index (χ0) is 12.8. The summed E-state index contributed by atoms with van der Waals surface area (Å²) in [4.78, 5) is 10.9. The molecule has 0 bridgehead atoms. The SMILES string of the molecule is CNC(=O)CCCSc1c(F)cc(N)cc1F. The van der Waals surface area contributed by atoms with E-state index in [4.69, 9.17) is 5.73 Å². The largest absolute Gasteiger partial charge is 0.399 e. The smallest absolute Gasteiger partial charge is 0.219 e. The van der Waals surface area contributed by atoms with Gasteiger partial charge in [0.1, 0.15) is 11.6 Å². The van der Waals surface area contributed by atoms with Crippen LogP contribution in [0.25, 0.3) is 0 Å². The second-order valence-electron chi connectivity index (χ2n) is 3.44. The number of thioether (sulfide) groups is 1. The summed E-state index contributed by atoms with van der Waals surface area (Å²) >= 11 is 1.05. The Bertz CT molecular complexity index is 389. The van der Waals surface area contributed by atoms with Crippen LogP contribution in [0.1, 0.15) is 12.8 Å². The molecule has 1 rings (SSSR count). The molecule has 6 heteroatoms. The second-order valence-corrected chi connectivity index (χ2v) is 4.54. The van der Waals surface area contributed by atoms with Crippen molar-refractivity contribution in [3.8, 4) is 0 Å². The van der Waals surface area contributed by atoms with Gasteiger partial charge >= 0.3 is 0 Å². The van der Waals surface area contributed by atoms with Gasteiger partial charge in [-0.15, -0.1) is 11.8 Å². The molecular weight excluding hydrogens is 246 g/mol. The van der Waals surface area contributed by atoms with Crippen molar-refractivity contribution in [2.45, 2.75) is 17.7 Å². The van der Waals surface area contributed by atoms with Crippen LogP contribution in [-0.4, -0.2) is 18.7 Å². The number of halogens is 2. The summed E-state index contributed by atoms with van der Waals surface area (Å²) in [5.41, 5.74) is 5.36. The molecule has 0 aliphatic carbocycles. The molecule has 0 heterocycles. The lowest BCUT2D eigenvalue weighted by Gasteiger charge is -2.05. The van der Waals surface area contributed by atoms with E-state index in [1.54, 1.807) is 7.05 Å². The third-order valence-electron chi connectivity index (χ3n) is 2.09. The molecule has 94 valence electrons. The highest BCUT2D eigenvalue weighted by Gasteiger charge is 2.10. The first-order valence-electron chi connectivity index (χ1n) is 5.12. The van der Waals surface area contributed by atoms with Gasteiger partial charge in [0.15, 0.2) is 0 Å². The summed E-state index contributed by atoms with van der Waals surface area (Å²) < 4.78 is 26.7. The molecular formula is C11H14F2N2OS. The normalized spacial score (nSPS) is 10.3. The molecule has 0 atom stereocenters. The van der Waals surface area contributed by atoms with Crippen LogP contribution in [-0.2, 0) is 4.79 Å². The third-order valence-corrected chi connectivity index (χ3v) is 3.27. The Balaban J connectivity index is 2.50. The van der Waals surface area contributed by atoms with Crippen molar-refractivity contribution < 1.29 is 13.6 Å². The molecule has 0 radical (unpaired) electrons. The highest BCUT2D eigenvalue weighted by molar-refractivity contribution is 7.99. The number of nitrogens with two attached hydrogens (primary N) is 1. The van der Waals surface area contributed by atoms with Crippen LogP contribution in [0.15, 0.2) is 17.0 Å². The van der Waals surface area contributed by atoms with Gasteiger partial charge in [0, 0.05) is 19.2 Å². The number of amides is 1. The van der Waals surface area contributed by atoms with E-state index in [1.165, 1.54) is 0 Å². The summed E-state index contributed by atoms with van der Waals surface area (Å²) in [5.74, 6) is -0.922. The predicted molar refractivity (Wildman–Crippen MR) is 64.8 cm³/mol. The van der Waals surface area contributed by atoms with Crippen LogP contribution in [0.2, 0.25) is 0 Å². The topological polar surface area (TPSA) is 55.1 Å². The minimum absolute atomic E-state index is 0.0453. The highest BCUT2D eigenvalue weighted by atomic mass is 32.2. The molecule has 3 N–H and O–H groups in total. The minimum Gasteiger partial charge on any atom is -0.399 e. The van der Waals surface area contributed by atoms with Crippen LogP contribution < -0.4 is 11.1 Å². The summed E-state index contributed by atoms with van der Waals surface area (Å²) in [7, 11) is 1.55. The van der Waals surface area contributed by atoms with E-state index >= 15 is 0 Å². The summed E-state index contributed by atoms with van der Waals surface area (Å²) in [5, 5.41) is 2.48. The van der Waals surface area contributed by atoms with Crippen LogP contribution in [0, 0.1) is 11.6 Å². The maximum Gasteiger partial charge on any atom is 0.219 e. The van der Waals surface area contributed by atoms with Gasteiger partial charge < -0.3 is 11.1 Å². The Hall–Kier alpha value is -1.30. The van der Waals surface area contributed by atoms with Crippen LogP contribution >= 0.6 is 11.8 Å². The highest BCUT2D eigenvalue weighted by Crippen LogP contribution is 2.27. The molecule has 0 aromatic heterocycles. The monoisotopic (exact) mass is 260 g/mol. The zero-order valence-corrected chi connectivity index (χ0v) is 10.2. The van der Waals surface area contributed by atoms with Crippen molar-refractivity contribution in [2.24, 2.45) is 0 Å². The lowest BCUT2D eigenvalue weighted by molar-refractivity contribution is -0.120. The Morgan fingerprint density at radius 1 is 1.41 bits per heavy atom. The van der Waals surface area contributed by atoms with Crippen molar-refractivity contribution in [3.63, 3.8) is 0 Å². The number of carbonyl (C=O) groups excluding carboxylic acids is 1.